The van der Waals surface area contributed by atoms with Crippen molar-refractivity contribution < 1.29 is 4.79 Å². The SMILES string of the molecule is CC(=O)N1CCC(N/C=C\NN)CC1.CC(C)C. The summed E-state index contributed by atoms with van der Waals surface area (Å²) in [5, 5.41) is 3.22. The van der Waals surface area contributed by atoms with Crippen LogP contribution < -0.4 is 16.6 Å². The second kappa shape index (κ2) is 9.76. The number of nitrogens with one attached hydrogen (secondary N) is 2. The summed E-state index contributed by atoms with van der Waals surface area (Å²) < 4.78 is 0. The van der Waals surface area contributed by atoms with Crippen molar-refractivity contribution in [1.29, 1.82) is 0 Å². The highest BCUT2D eigenvalue weighted by Crippen LogP contribution is 2.09. The van der Waals surface area contributed by atoms with Crippen LogP contribution in [0.15, 0.2) is 12.4 Å². The molecule has 1 aliphatic heterocycles. The third-order valence-corrected chi connectivity index (χ3v) is 2.45. The Morgan fingerprint density at radius 2 is 1.78 bits per heavy atom. The molecule has 0 unspecified atom stereocenters. The van der Waals surface area contributed by atoms with Gasteiger partial charge in [0.2, 0.25) is 5.91 Å². The quantitative estimate of drug-likeness (QED) is 0.524. The van der Waals surface area contributed by atoms with E-state index in [-0.39, 0.29) is 5.91 Å². The van der Waals surface area contributed by atoms with Crippen LogP contribution in [0.5, 0.6) is 0 Å². The number of nitrogens with two attached hydrogens (primary N) is 1. The van der Waals surface area contributed by atoms with E-state index in [2.05, 4.69) is 31.5 Å². The minimum atomic E-state index is 0.169. The molecule has 1 amide bonds. The molecular formula is C13H28N4O. The second-order valence-corrected chi connectivity index (χ2v) is 5.18. The van der Waals surface area contributed by atoms with E-state index in [4.69, 9.17) is 5.84 Å². The molecule has 0 radical (unpaired) electrons. The molecule has 106 valence electrons. The summed E-state index contributed by atoms with van der Waals surface area (Å²) in [7, 11) is 0. The van der Waals surface area contributed by atoms with E-state index in [0.29, 0.717) is 6.04 Å². The fourth-order valence-electron chi connectivity index (χ4n) is 1.59. The lowest BCUT2D eigenvalue weighted by molar-refractivity contribution is -0.129. The molecule has 1 saturated heterocycles. The zero-order valence-corrected chi connectivity index (χ0v) is 12.1. The van der Waals surface area contributed by atoms with Gasteiger partial charge in [0.15, 0.2) is 0 Å². The molecule has 1 heterocycles. The Hall–Kier alpha value is -1.23. The van der Waals surface area contributed by atoms with Gasteiger partial charge in [0.05, 0.1) is 0 Å². The highest BCUT2D eigenvalue weighted by Gasteiger charge is 2.19. The number of hydrogen-bond donors (Lipinski definition) is 3. The third-order valence-electron chi connectivity index (χ3n) is 2.45. The molecule has 5 nitrogen and oxygen atoms in total. The van der Waals surface area contributed by atoms with Crippen LogP contribution in [-0.2, 0) is 4.79 Å². The van der Waals surface area contributed by atoms with Gasteiger partial charge in [-0.3, -0.25) is 10.6 Å². The topological polar surface area (TPSA) is 70.4 Å². The molecule has 1 aliphatic rings. The van der Waals surface area contributed by atoms with Gasteiger partial charge in [-0.15, -0.1) is 0 Å². The number of likely N-dealkylation sites (tertiary alicyclic amines) is 1. The zero-order valence-electron chi connectivity index (χ0n) is 12.1. The molecule has 0 aromatic heterocycles. The summed E-state index contributed by atoms with van der Waals surface area (Å²) in [4.78, 5) is 12.9. The van der Waals surface area contributed by atoms with Crippen LogP contribution in [0.1, 0.15) is 40.5 Å². The van der Waals surface area contributed by atoms with Gasteiger partial charge in [0, 0.05) is 38.5 Å². The standard InChI is InChI=1S/C9H18N4O.C4H10/c1-8(14)13-6-2-9(3-7-13)11-4-5-12-10;1-4(2)3/h4-5,9,11-12H,2-3,6-7,10H2,1H3;4H,1-3H3/b5-4-;. The van der Waals surface area contributed by atoms with Crippen molar-refractivity contribution in [3.8, 4) is 0 Å². The molecule has 1 fully saturated rings. The maximum Gasteiger partial charge on any atom is 0.219 e. The van der Waals surface area contributed by atoms with Crippen LogP contribution in [0, 0.1) is 5.92 Å². The average Bonchev–Trinajstić information content (AvgIpc) is 2.29. The Bertz CT molecular complexity index is 243. The largest absolute Gasteiger partial charge is 0.387 e. The first-order chi connectivity index (χ1) is 8.47. The maximum absolute atomic E-state index is 11.0. The van der Waals surface area contributed by atoms with Crippen LogP contribution in [0.3, 0.4) is 0 Å². The van der Waals surface area contributed by atoms with Gasteiger partial charge >= 0.3 is 0 Å². The van der Waals surface area contributed by atoms with E-state index in [9.17, 15) is 4.79 Å². The smallest absolute Gasteiger partial charge is 0.219 e. The summed E-state index contributed by atoms with van der Waals surface area (Å²) in [6, 6.07) is 0.454. The van der Waals surface area contributed by atoms with Gasteiger partial charge in [-0.2, -0.15) is 0 Å². The number of hydrogen-bond acceptors (Lipinski definition) is 4. The number of nitrogens with zero attached hydrogens (tertiary/aromatic N) is 1. The van der Waals surface area contributed by atoms with Crippen molar-refractivity contribution in [3.63, 3.8) is 0 Å². The van der Waals surface area contributed by atoms with E-state index >= 15 is 0 Å². The first-order valence-electron chi connectivity index (χ1n) is 6.60. The van der Waals surface area contributed by atoms with Crippen molar-refractivity contribution in [3.05, 3.63) is 12.4 Å². The zero-order chi connectivity index (χ0) is 14.0. The third kappa shape index (κ3) is 8.87. The minimum absolute atomic E-state index is 0.169. The molecular weight excluding hydrogens is 228 g/mol. The summed E-state index contributed by atoms with van der Waals surface area (Å²) in [5.41, 5.74) is 2.43. The summed E-state index contributed by atoms with van der Waals surface area (Å²) in [6.45, 7) is 9.81. The van der Waals surface area contributed by atoms with Crippen LogP contribution in [-0.4, -0.2) is 29.9 Å². The van der Waals surface area contributed by atoms with Gasteiger partial charge < -0.3 is 15.6 Å². The Kier molecular flexibility index (Phi) is 9.10. The van der Waals surface area contributed by atoms with Crippen molar-refractivity contribution in [1.82, 2.24) is 15.6 Å². The van der Waals surface area contributed by atoms with E-state index in [1.54, 1.807) is 19.3 Å². The van der Waals surface area contributed by atoms with Crippen molar-refractivity contribution in [2.45, 2.75) is 46.6 Å². The summed E-state index contributed by atoms with van der Waals surface area (Å²) >= 11 is 0. The minimum Gasteiger partial charge on any atom is -0.387 e. The molecule has 0 atom stereocenters. The molecule has 0 spiro atoms. The number of carbonyl (C=O) groups excluding carboxylic acids is 1. The van der Waals surface area contributed by atoms with Crippen molar-refractivity contribution >= 4 is 5.91 Å². The number of hydrazine groups is 1. The van der Waals surface area contributed by atoms with Gasteiger partial charge in [-0.25, -0.2) is 0 Å². The number of amides is 1. The van der Waals surface area contributed by atoms with Crippen molar-refractivity contribution in [2.75, 3.05) is 13.1 Å². The molecule has 0 bridgehead atoms. The van der Waals surface area contributed by atoms with Gasteiger partial charge in [-0.05, 0) is 18.8 Å². The van der Waals surface area contributed by atoms with Crippen LogP contribution in [0.2, 0.25) is 0 Å². The predicted octanol–water partition coefficient (Wildman–Crippen LogP) is 1.18. The average molecular weight is 256 g/mol. The van der Waals surface area contributed by atoms with Gasteiger partial charge in [0.1, 0.15) is 0 Å². The lowest BCUT2D eigenvalue weighted by Crippen LogP contribution is -2.42. The van der Waals surface area contributed by atoms with E-state index in [1.807, 2.05) is 4.90 Å². The highest BCUT2D eigenvalue weighted by molar-refractivity contribution is 5.73. The summed E-state index contributed by atoms with van der Waals surface area (Å²) in [6.07, 6.45) is 5.44. The second-order valence-electron chi connectivity index (χ2n) is 5.18. The van der Waals surface area contributed by atoms with E-state index < -0.39 is 0 Å². The van der Waals surface area contributed by atoms with Crippen molar-refractivity contribution in [2.24, 2.45) is 11.8 Å². The fraction of sp³-hybridized carbons (Fsp3) is 0.769. The van der Waals surface area contributed by atoms with Gasteiger partial charge in [-0.1, -0.05) is 20.8 Å². The Balaban J connectivity index is 0.000000631. The van der Waals surface area contributed by atoms with Crippen LogP contribution in [0.25, 0.3) is 0 Å². The van der Waals surface area contributed by atoms with Crippen LogP contribution in [0.4, 0.5) is 0 Å². The maximum atomic E-state index is 11.0. The Morgan fingerprint density at radius 1 is 1.28 bits per heavy atom. The number of rotatable bonds is 3. The molecule has 0 aliphatic carbocycles. The molecule has 1 rings (SSSR count). The Morgan fingerprint density at radius 3 is 2.17 bits per heavy atom. The Labute approximate surface area is 111 Å². The monoisotopic (exact) mass is 256 g/mol. The number of piperidine rings is 1. The molecule has 5 heteroatoms. The lowest BCUT2D eigenvalue weighted by Gasteiger charge is -2.31. The van der Waals surface area contributed by atoms with Gasteiger partial charge in [0.25, 0.3) is 0 Å². The van der Waals surface area contributed by atoms with E-state index in [1.165, 1.54) is 0 Å². The van der Waals surface area contributed by atoms with Crippen LogP contribution >= 0.6 is 0 Å². The summed E-state index contributed by atoms with van der Waals surface area (Å²) in [5.74, 6) is 6.08. The lowest BCUT2D eigenvalue weighted by atomic mass is 10.1. The molecule has 18 heavy (non-hydrogen) atoms. The molecule has 0 aromatic rings. The molecule has 4 N–H and O–H groups in total. The first kappa shape index (κ1) is 16.8. The normalized spacial score (nSPS) is 16.4. The first-order valence-corrected chi connectivity index (χ1v) is 6.60. The molecule has 0 aromatic carbocycles. The highest BCUT2D eigenvalue weighted by atomic mass is 16.2. The fourth-order valence-corrected chi connectivity index (χ4v) is 1.59. The molecule has 0 saturated carbocycles. The number of carbonyl (C=O) groups is 1. The predicted molar refractivity (Wildman–Crippen MR) is 75.4 cm³/mol. The van der Waals surface area contributed by atoms with E-state index in [0.717, 1.165) is 31.8 Å².